The number of aryl methyl sites for hydroxylation is 1. The fourth-order valence-electron chi connectivity index (χ4n) is 6.14. The molecule has 6 nitrogen and oxygen atoms in total. The zero-order chi connectivity index (χ0) is 23.7. The second kappa shape index (κ2) is 10.1. The van der Waals surface area contributed by atoms with Crippen molar-refractivity contribution in [2.45, 2.75) is 89.6 Å². The van der Waals surface area contributed by atoms with Gasteiger partial charge in [0, 0.05) is 62.4 Å². The van der Waals surface area contributed by atoms with E-state index in [0.29, 0.717) is 12.1 Å². The summed E-state index contributed by atoms with van der Waals surface area (Å²) in [5.74, 6) is 1.16. The topological polar surface area (TPSA) is 60.9 Å². The van der Waals surface area contributed by atoms with Crippen LogP contribution in [0.25, 0.3) is 10.9 Å². The molecule has 1 aromatic heterocycles. The number of pyridine rings is 1. The van der Waals surface area contributed by atoms with Crippen molar-refractivity contribution in [1.29, 1.82) is 0 Å². The summed E-state index contributed by atoms with van der Waals surface area (Å²) in [4.78, 5) is 10.4. The minimum atomic E-state index is -0.0993. The number of aliphatic hydroxyl groups is 1. The van der Waals surface area contributed by atoms with Crippen LogP contribution in [0.5, 0.6) is 0 Å². The minimum absolute atomic E-state index is 0.0517. The minimum Gasteiger partial charge on any atom is -0.393 e. The first-order valence-electron chi connectivity index (χ1n) is 13.3. The molecule has 34 heavy (non-hydrogen) atoms. The monoisotopic (exact) mass is 466 g/mol. The summed E-state index contributed by atoms with van der Waals surface area (Å²) in [5.41, 5.74) is 3.62. The highest BCUT2D eigenvalue weighted by Crippen LogP contribution is 2.30. The Bertz CT molecular complexity index is 978. The van der Waals surface area contributed by atoms with Crippen LogP contribution >= 0.6 is 0 Å². The average Bonchev–Trinajstić information content (AvgIpc) is 2.83. The van der Waals surface area contributed by atoms with Gasteiger partial charge in [0.15, 0.2) is 0 Å². The lowest BCUT2D eigenvalue weighted by atomic mass is 9.93. The summed E-state index contributed by atoms with van der Waals surface area (Å²) in [6, 6.07) is 9.97. The van der Waals surface area contributed by atoms with Gasteiger partial charge in [0.25, 0.3) is 0 Å². The Morgan fingerprint density at radius 1 is 1.09 bits per heavy atom. The Labute approximate surface area is 204 Å². The number of nitrogens with zero attached hydrogens (tertiary/aromatic N) is 3. The molecular weight excluding hydrogens is 424 g/mol. The predicted octanol–water partition coefficient (Wildman–Crippen LogP) is 4.02. The number of para-hydroxylation sites is 1. The quantitative estimate of drug-likeness (QED) is 0.694. The maximum atomic E-state index is 9.87. The molecule has 0 saturated carbocycles. The Morgan fingerprint density at radius 2 is 1.85 bits per heavy atom. The second-order valence-electron chi connectivity index (χ2n) is 11.3. The first kappa shape index (κ1) is 24.0. The van der Waals surface area contributed by atoms with Gasteiger partial charge in [-0.15, -0.1) is 0 Å². The number of piperidine rings is 2. The number of hydrogen-bond donors (Lipinski definition) is 2. The number of aromatic nitrogens is 1. The van der Waals surface area contributed by atoms with E-state index in [1.54, 1.807) is 0 Å². The lowest BCUT2D eigenvalue weighted by Gasteiger charge is -2.42. The highest BCUT2D eigenvalue weighted by molar-refractivity contribution is 5.84. The van der Waals surface area contributed by atoms with E-state index in [2.05, 4.69) is 60.2 Å². The van der Waals surface area contributed by atoms with Gasteiger partial charge in [-0.3, -0.25) is 0 Å². The third-order valence-corrected chi connectivity index (χ3v) is 8.16. The molecule has 5 rings (SSSR count). The van der Waals surface area contributed by atoms with E-state index < -0.39 is 0 Å². The van der Waals surface area contributed by atoms with Gasteiger partial charge in [-0.2, -0.15) is 0 Å². The Balaban J connectivity index is 1.32. The fourth-order valence-corrected chi connectivity index (χ4v) is 6.14. The number of likely N-dealkylation sites (tertiary alicyclic amines) is 1. The number of fused-ring (bicyclic) bond motifs is 1. The molecule has 1 atom stereocenters. The fraction of sp³-hybridized carbons (Fsp3) is 0.679. The van der Waals surface area contributed by atoms with Crippen molar-refractivity contribution < 1.29 is 9.84 Å². The molecule has 0 bridgehead atoms. The molecule has 1 unspecified atom stereocenters. The van der Waals surface area contributed by atoms with E-state index in [0.717, 1.165) is 76.3 Å². The van der Waals surface area contributed by atoms with Crippen LogP contribution in [-0.2, 0) is 11.3 Å². The summed E-state index contributed by atoms with van der Waals surface area (Å²) in [6.07, 6.45) is 6.19. The van der Waals surface area contributed by atoms with Crippen LogP contribution in [0.3, 0.4) is 0 Å². The van der Waals surface area contributed by atoms with Gasteiger partial charge in [-0.1, -0.05) is 18.2 Å². The van der Waals surface area contributed by atoms with Crippen LogP contribution in [0.1, 0.15) is 63.5 Å². The van der Waals surface area contributed by atoms with E-state index >= 15 is 0 Å². The van der Waals surface area contributed by atoms with Crippen molar-refractivity contribution in [1.82, 2.24) is 15.2 Å². The van der Waals surface area contributed by atoms with E-state index in [-0.39, 0.29) is 11.7 Å². The molecule has 1 aromatic carbocycles. The van der Waals surface area contributed by atoms with Crippen LogP contribution in [0.4, 0.5) is 5.82 Å². The molecule has 2 N–H and O–H groups in total. The highest BCUT2D eigenvalue weighted by atomic mass is 16.5. The van der Waals surface area contributed by atoms with Gasteiger partial charge in [-0.25, -0.2) is 4.98 Å². The van der Waals surface area contributed by atoms with Crippen LogP contribution < -0.4 is 10.2 Å². The van der Waals surface area contributed by atoms with Crippen LogP contribution in [-0.4, -0.2) is 71.6 Å². The molecule has 0 spiro atoms. The first-order chi connectivity index (χ1) is 16.4. The number of anilines is 1. The van der Waals surface area contributed by atoms with Crippen molar-refractivity contribution in [3.8, 4) is 0 Å². The van der Waals surface area contributed by atoms with Gasteiger partial charge in [0.2, 0.25) is 0 Å². The van der Waals surface area contributed by atoms with Crippen molar-refractivity contribution in [2.75, 3.05) is 37.7 Å². The molecule has 0 aliphatic carbocycles. The van der Waals surface area contributed by atoms with Gasteiger partial charge < -0.3 is 25.0 Å². The smallest absolute Gasteiger partial charge is 0.133 e. The summed E-state index contributed by atoms with van der Waals surface area (Å²) < 4.78 is 5.92. The van der Waals surface area contributed by atoms with Gasteiger partial charge >= 0.3 is 0 Å². The molecule has 3 saturated heterocycles. The Morgan fingerprint density at radius 3 is 2.59 bits per heavy atom. The molecule has 3 aliphatic heterocycles. The molecular formula is C28H42N4O2. The molecule has 4 heterocycles. The summed E-state index contributed by atoms with van der Waals surface area (Å²) >= 11 is 0. The SMILES string of the molecule is Cc1cccc2cc(CNC3CCOC(C)(C)C3)c(N3CCC(N4CCC(O)CC4)CC3)nc12. The number of hydrogen-bond acceptors (Lipinski definition) is 6. The van der Waals surface area contributed by atoms with E-state index in [9.17, 15) is 5.11 Å². The summed E-state index contributed by atoms with van der Waals surface area (Å²) in [5, 5.41) is 14.9. The lowest BCUT2D eigenvalue weighted by molar-refractivity contribution is -0.0630. The van der Waals surface area contributed by atoms with Gasteiger partial charge in [0.05, 0.1) is 17.2 Å². The van der Waals surface area contributed by atoms with E-state index in [1.165, 1.54) is 29.4 Å². The molecule has 6 heteroatoms. The summed E-state index contributed by atoms with van der Waals surface area (Å²) in [6.45, 7) is 12.4. The van der Waals surface area contributed by atoms with E-state index in [1.807, 2.05) is 0 Å². The number of aliphatic hydroxyl groups excluding tert-OH is 1. The maximum absolute atomic E-state index is 9.87. The van der Waals surface area contributed by atoms with Gasteiger partial charge in [-0.05, 0) is 70.9 Å². The standard InChI is InChI=1S/C28H42N4O2/c1-20-5-4-6-21-17-22(19-29-23-11-16-34-28(2,3)18-23)27(30-26(20)21)32-12-7-24(8-13-32)31-14-9-25(33)10-15-31/h4-6,17,23-25,29,33H,7-16,18-19H2,1-3H3. The number of nitrogens with one attached hydrogen (secondary N) is 1. The number of rotatable bonds is 5. The zero-order valence-corrected chi connectivity index (χ0v) is 21.2. The van der Waals surface area contributed by atoms with Crippen molar-refractivity contribution >= 4 is 16.7 Å². The summed E-state index contributed by atoms with van der Waals surface area (Å²) in [7, 11) is 0. The third-order valence-electron chi connectivity index (χ3n) is 8.16. The van der Waals surface area contributed by atoms with Crippen LogP contribution in [0, 0.1) is 6.92 Å². The Kier molecular flexibility index (Phi) is 7.12. The first-order valence-corrected chi connectivity index (χ1v) is 13.3. The van der Waals surface area contributed by atoms with Crippen molar-refractivity contribution in [2.24, 2.45) is 0 Å². The molecule has 3 fully saturated rings. The van der Waals surface area contributed by atoms with Crippen LogP contribution in [0.2, 0.25) is 0 Å². The van der Waals surface area contributed by atoms with Crippen LogP contribution in [0.15, 0.2) is 24.3 Å². The molecule has 2 aromatic rings. The zero-order valence-electron chi connectivity index (χ0n) is 21.2. The molecule has 186 valence electrons. The molecule has 3 aliphatic rings. The van der Waals surface area contributed by atoms with E-state index in [4.69, 9.17) is 9.72 Å². The Hall–Kier alpha value is -1.73. The second-order valence-corrected chi connectivity index (χ2v) is 11.3. The van der Waals surface area contributed by atoms with Crippen molar-refractivity contribution in [3.05, 3.63) is 35.4 Å². The normalized spacial score (nSPS) is 25.2. The average molecular weight is 467 g/mol. The largest absolute Gasteiger partial charge is 0.393 e. The number of benzene rings is 1. The molecule has 0 radical (unpaired) electrons. The molecule has 0 amide bonds. The van der Waals surface area contributed by atoms with Gasteiger partial charge in [0.1, 0.15) is 5.82 Å². The third kappa shape index (κ3) is 5.40. The maximum Gasteiger partial charge on any atom is 0.133 e. The van der Waals surface area contributed by atoms with Crippen molar-refractivity contribution in [3.63, 3.8) is 0 Å². The lowest BCUT2D eigenvalue weighted by Crippen LogP contribution is -2.49. The predicted molar refractivity (Wildman–Crippen MR) is 138 cm³/mol. The highest BCUT2D eigenvalue weighted by Gasteiger charge is 2.30. The number of ether oxygens (including phenoxy) is 1.